The number of thiazole rings is 1. The van der Waals surface area contributed by atoms with Gasteiger partial charge in [-0.3, -0.25) is 0 Å². The first-order valence-corrected chi connectivity index (χ1v) is 7.35. The molecule has 0 fully saturated rings. The van der Waals surface area contributed by atoms with Gasteiger partial charge < -0.3 is 14.8 Å². The molecule has 2 aromatic rings. The van der Waals surface area contributed by atoms with E-state index in [9.17, 15) is 0 Å². The number of rotatable bonds is 7. The molecule has 0 spiro atoms. The highest BCUT2D eigenvalue weighted by Crippen LogP contribution is 2.22. The van der Waals surface area contributed by atoms with Gasteiger partial charge in [-0.15, -0.1) is 11.3 Å². The van der Waals surface area contributed by atoms with Crippen LogP contribution in [0.25, 0.3) is 0 Å². The van der Waals surface area contributed by atoms with Gasteiger partial charge in [0.2, 0.25) is 0 Å². The molecule has 0 saturated heterocycles. The molecule has 0 aliphatic heterocycles. The molecule has 0 amide bonds. The van der Waals surface area contributed by atoms with Crippen molar-refractivity contribution >= 4 is 16.5 Å². The molecule has 0 saturated carbocycles. The third-order valence-electron chi connectivity index (χ3n) is 2.89. The number of anilines is 1. The molecule has 0 unspecified atom stereocenters. The van der Waals surface area contributed by atoms with E-state index in [1.807, 2.05) is 30.2 Å². The van der Waals surface area contributed by atoms with Crippen molar-refractivity contribution in [1.82, 2.24) is 19.9 Å². The van der Waals surface area contributed by atoms with E-state index in [4.69, 9.17) is 0 Å². The number of hydrogen-bond acceptors (Lipinski definition) is 5. The molecule has 1 N–H and O–H groups in total. The Hall–Kier alpha value is -1.40. The summed E-state index contributed by atoms with van der Waals surface area (Å²) in [5.74, 6) is 1.04. The predicted molar refractivity (Wildman–Crippen MR) is 79.4 cm³/mol. The quantitative estimate of drug-likeness (QED) is 0.788. The van der Waals surface area contributed by atoms with E-state index in [2.05, 4.69) is 34.2 Å². The van der Waals surface area contributed by atoms with Crippen molar-refractivity contribution < 1.29 is 0 Å². The summed E-state index contributed by atoms with van der Waals surface area (Å²) in [5, 5.41) is 4.43. The Balaban J connectivity index is 1.92. The zero-order valence-corrected chi connectivity index (χ0v) is 12.6. The first kappa shape index (κ1) is 14.0. The second kappa shape index (κ2) is 6.68. The third kappa shape index (κ3) is 3.78. The smallest absolute Gasteiger partial charge is 0.185 e. The number of aromatic nitrogens is 3. The third-order valence-corrected chi connectivity index (χ3v) is 4.01. The van der Waals surface area contributed by atoms with Crippen molar-refractivity contribution in [1.29, 1.82) is 0 Å². The van der Waals surface area contributed by atoms with Crippen LogP contribution in [0.3, 0.4) is 0 Å². The fraction of sp³-hybridized carbons (Fsp3) is 0.538. The number of nitrogens with one attached hydrogen (secondary N) is 1. The zero-order chi connectivity index (χ0) is 13.7. The van der Waals surface area contributed by atoms with Crippen LogP contribution in [0.1, 0.15) is 24.0 Å². The summed E-state index contributed by atoms with van der Waals surface area (Å²) in [5.41, 5.74) is 0. The van der Waals surface area contributed by atoms with E-state index < -0.39 is 0 Å². The molecule has 5 nitrogen and oxygen atoms in total. The fourth-order valence-electron chi connectivity index (χ4n) is 1.77. The minimum atomic E-state index is 0.777. The van der Waals surface area contributed by atoms with Crippen LogP contribution in [0.15, 0.2) is 18.6 Å². The van der Waals surface area contributed by atoms with E-state index >= 15 is 0 Å². The number of imidazole rings is 1. The van der Waals surface area contributed by atoms with Gasteiger partial charge in [-0.1, -0.05) is 6.92 Å². The second-order valence-corrected chi connectivity index (χ2v) is 5.69. The Labute approximate surface area is 118 Å². The Bertz CT molecular complexity index is 505. The van der Waals surface area contributed by atoms with Crippen LogP contribution in [0.2, 0.25) is 0 Å². The Morgan fingerprint density at radius 3 is 2.95 bits per heavy atom. The van der Waals surface area contributed by atoms with E-state index in [1.165, 1.54) is 4.88 Å². The monoisotopic (exact) mass is 279 g/mol. The molecule has 104 valence electrons. The standard InChI is InChI=1S/C13H21N5S/c1-4-5-14-8-11-9-16-13(19-11)18(3)10-12-15-6-7-17(12)2/h6-7,9,14H,4-5,8,10H2,1-3H3. The lowest BCUT2D eigenvalue weighted by Crippen LogP contribution is -2.18. The maximum absolute atomic E-state index is 4.47. The van der Waals surface area contributed by atoms with Gasteiger partial charge >= 0.3 is 0 Å². The van der Waals surface area contributed by atoms with Gasteiger partial charge in [-0.05, 0) is 13.0 Å². The van der Waals surface area contributed by atoms with Crippen molar-refractivity contribution in [3.8, 4) is 0 Å². The van der Waals surface area contributed by atoms with Gasteiger partial charge in [-0.2, -0.15) is 0 Å². The lowest BCUT2D eigenvalue weighted by atomic mass is 10.4. The van der Waals surface area contributed by atoms with E-state index in [0.29, 0.717) is 0 Å². The average molecular weight is 279 g/mol. The SMILES string of the molecule is CCCNCc1cnc(N(C)Cc2nccn2C)s1. The molecule has 2 rings (SSSR count). The molecule has 19 heavy (non-hydrogen) atoms. The van der Waals surface area contributed by atoms with Gasteiger partial charge in [0.1, 0.15) is 5.82 Å². The normalized spacial score (nSPS) is 10.9. The summed E-state index contributed by atoms with van der Waals surface area (Å²) >= 11 is 1.73. The minimum Gasteiger partial charge on any atom is -0.344 e. The predicted octanol–water partition coefficient (Wildman–Crippen LogP) is 2.01. The molecule has 0 radical (unpaired) electrons. The average Bonchev–Trinajstić information content (AvgIpc) is 3.00. The van der Waals surface area contributed by atoms with Crippen LogP contribution in [-0.2, 0) is 20.1 Å². The van der Waals surface area contributed by atoms with E-state index in [-0.39, 0.29) is 0 Å². The van der Waals surface area contributed by atoms with Gasteiger partial charge in [-0.25, -0.2) is 9.97 Å². The van der Waals surface area contributed by atoms with Gasteiger partial charge in [0.15, 0.2) is 5.13 Å². The van der Waals surface area contributed by atoms with Gasteiger partial charge in [0, 0.05) is 44.1 Å². The van der Waals surface area contributed by atoms with Crippen LogP contribution in [0.5, 0.6) is 0 Å². The van der Waals surface area contributed by atoms with Gasteiger partial charge in [0.05, 0.1) is 6.54 Å². The van der Waals surface area contributed by atoms with Gasteiger partial charge in [0.25, 0.3) is 0 Å². The van der Waals surface area contributed by atoms with E-state index in [0.717, 1.165) is 37.0 Å². The van der Waals surface area contributed by atoms with Crippen LogP contribution in [0, 0.1) is 0 Å². The van der Waals surface area contributed by atoms with Crippen LogP contribution < -0.4 is 10.2 Å². The first-order chi connectivity index (χ1) is 9.20. The molecule has 2 aromatic heterocycles. The van der Waals surface area contributed by atoms with Crippen LogP contribution in [-0.4, -0.2) is 28.1 Å². The first-order valence-electron chi connectivity index (χ1n) is 6.53. The molecule has 0 bridgehead atoms. The number of nitrogens with zero attached hydrogens (tertiary/aromatic N) is 4. The zero-order valence-electron chi connectivity index (χ0n) is 11.8. The summed E-state index contributed by atoms with van der Waals surface area (Å²) in [4.78, 5) is 12.2. The van der Waals surface area contributed by atoms with Crippen molar-refractivity contribution in [3.05, 3.63) is 29.3 Å². The highest BCUT2D eigenvalue weighted by Gasteiger charge is 2.09. The van der Waals surface area contributed by atoms with Crippen LogP contribution >= 0.6 is 11.3 Å². The molecule has 2 heterocycles. The Kier molecular flexibility index (Phi) is 4.93. The summed E-state index contributed by atoms with van der Waals surface area (Å²) in [7, 11) is 4.06. The molecular weight excluding hydrogens is 258 g/mol. The summed E-state index contributed by atoms with van der Waals surface area (Å²) in [6.45, 7) is 4.91. The lowest BCUT2D eigenvalue weighted by molar-refractivity contribution is 0.681. The number of hydrogen-bond donors (Lipinski definition) is 1. The van der Waals surface area contributed by atoms with Crippen molar-refractivity contribution in [2.75, 3.05) is 18.5 Å². The maximum Gasteiger partial charge on any atom is 0.185 e. The molecule has 0 atom stereocenters. The highest BCUT2D eigenvalue weighted by molar-refractivity contribution is 7.15. The Morgan fingerprint density at radius 1 is 1.42 bits per heavy atom. The summed E-state index contributed by atoms with van der Waals surface area (Å²) < 4.78 is 2.04. The summed E-state index contributed by atoms with van der Waals surface area (Å²) in [6.07, 6.45) is 6.90. The minimum absolute atomic E-state index is 0.777. The van der Waals surface area contributed by atoms with Crippen molar-refractivity contribution in [2.45, 2.75) is 26.4 Å². The topological polar surface area (TPSA) is 46.0 Å². The molecule has 0 aliphatic carbocycles. The molecule has 0 aromatic carbocycles. The molecule has 6 heteroatoms. The Morgan fingerprint density at radius 2 is 2.26 bits per heavy atom. The van der Waals surface area contributed by atoms with Crippen LogP contribution in [0.4, 0.5) is 5.13 Å². The molecule has 0 aliphatic rings. The summed E-state index contributed by atoms with van der Waals surface area (Å²) in [6, 6.07) is 0. The molecular formula is C13H21N5S. The lowest BCUT2D eigenvalue weighted by Gasteiger charge is -2.15. The van der Waals surface area contributed by atoms with Crippen molar-refractivity contribution in [2.24, 2.45) is 7.05 Å². The fourth-order valence-corrected chi connectivity index (χ4v) is 2.61. The number of aryl methyl sites for hydroxylation is 1. The highest BCUT2D eigenvalue weighted by atomic mass is 32.1. The largest absolute Gasteiger partial charge is 0.344 e. The van der Waals surface area contributed by atoms with E-state index in [1.54, 1.807) is 11.3 Å². The maximum atomic E-state index is 4.47. The second-order valence-electron chi connectivity index (χ2n) is 4.60. The van der Waals surface area contributed by atoms with Crippen molar-refractivity contribution in [3.63, 3.8) is 0 Å².